The third kappa shape index (κ3) is 4.41. The van der Waals surface area contributed by atoms with Gasteiger partial charge in [-0.1, -0.05) is 0 Å². The van der Waals surface area contributed by atoms with Crippen LogP contribution in [0, 0.1) is 0 Å². The van der Waals surface area contributed by atoms with Gasteiger partial charge in [0.25, 0.3) is 0 Å². The zero-order valence-electron chi connectivity index (χ0n) is 10.7. The lowest BCUT2D eigenvalue weighted by atomic mass is 10.3. The third-order valence-electron chi connectivity index (χ3n) is 2.32. The number of benzene rings is 1. The van der Waals surface area contributed by atoms with Crippen LogP contribution in [0.15, 0.2) is 28.0 Å². The van der Waals surface area contributed by atoms with E-state index in [0.717, 1.165) is 0 Å². The number of nitrogen functional groups attached to an aromatic ring is 1. The second-order valence-corrected chi connectivity index (χ2v) is 6.58. The van der Waals surface area contributed by atoms with Gasteiger partial charge in [-0.3, -0.25) is 4.79 Å². The van der Waals surface area contributed by atoms with Crippen molar-refractivity contribution in [2.75, 3.05) is 25.6 Å². The third-order valence-corrected chi connectivity index (χ3v) is 4.98. The van der Waals surface area contributed by atoms with E-state index in [0.29, 0.717) is 16.3 Å². The standard InChI is InChI=1S/C11H16N2O4S2/c1-13-19(15,16)10-7-8(12)3-4-9(10)18-6-5-11(14)17-2/h3-4,7,13H,5-6,12H2,1-2H3. The molecular weight excluding hydrogens is 288 g/mol. The van der Waals surface area contributed by atoms with E-state index < -0.39 is 10.0 Å². The molecule has 0 radical (unpaired) electrons. The van der Waals surface area contributed by atoms with Gasteiger partial charge in [-0.05, 0) is 25.2 Å². The second kappa shape index (κ2) is 6.78. The molecule has 0 saturated carbocycles. The quantitative estimate of drug-likeness (QED) is 0.459. The predicted molar refractivity (Wildman–Crippen MR) is 74.5 cm³/mol. The maximum Gasteiger partial charge on any atom is 0.306 e. The van der Waals surface area contributed by atoms with Crippen molar-refractivity contribution in [3.8, 4) is 0 Å². The van der Waals surface area contributed by atoms with E-state index in [2.05, 4.69) is 9.46 Å². The van der Waals surface area contributed by atoms with Crippen LogP contribution in [-0.2, 0) is 19.6 Å². The smallest absolute Gasteiger partial charge is 0.306 e. The van der Waals surface area contributed by atoms with Gasteiger partial charge < -0.3 is 10.5 Å². The monoisotopic (exact) mass is 304 g/mol. The molecule has 1 aromatic rings. The number of nitrogens with one attached hydrogen (secondary N) is 1. The number of hydrogen-bond acceptors (Lipinski definition) is 6. The number of methoxy groups -OCH3 is 1. The summed E-state index contributed by atoms with van der Waals surface area (Å²) in [5, 5.41) is 0. The number of carbonyl (C=O) groups is 1. The van der Waals surface area contributed by atoms with E-state index >= 15 is 0 Å². The Kier molecular flexibility index (Phi) is 5.64. The van der Waals surface area contributed by atoms with Gasteiger partial charge in [0.05, 0.1) is 18.4 Å². The first-order valence-corrected chi connectivity index (χ1v) is 7.90. The number of hydrogen-bond donors (Lipinski definition) is 2. The maximum absolute atomic E-state index is 11.9. The highest BCUT2D eigenvalue weighted by atomic mass is 32.2. The van der Waals surface area contributed by atoms with Gasteiger partial charge in [0.1, 0.15) is 0 Å². The molecule has 19 heavy (non-hydrogen) atoms. The second-order valence-electron chi connectivity index (χ2n) is 3.59. The minimum absolute atomic E-state index is 0.116. The van der Waals surface area contributed by atoms with E-state index in [1.54, 1.807) is 12.1 Å². The number of nitrogens with two attached hydrogens (primary N) is 1. The molecule has 3 N–H and O–H groups in total. The van der Waals surface area contributed by atoms with Crippen molar-refractivity contribution in [2.45, 2.75) is 16.2 Å². The van der Waals surface area contributed by atoms with E-state index in [-0.39, 0.29) is 17.3 Å². The van der Waals surface area contributed by atoms with Gasteiger partial charge in [-0.2, -0.15) is 0 Å². The van der Waals surface area contributed by atoms with Crippen LogP contribution < -0.4 is 10.5 Å². The molecule has 0 aliphatic heterocycles. The van der Waals surface area contributed by atoms with Crippen molar-refractivity contribution in [1.29, 1.82) is 0 Å². The first-order chi connectivity index (χ1) is 8.90. The predicted octanol–water partition coefficient (Wildman–Crippen LogP) is 0.832. The molecule has 0 aliphatic carbocycles. The van der Waals surface area contributed by atoms with E-state index in [9.17, 15) is 13.2 Å². The Balaban J connectivity index is 2.92. The summed E-state index contributed by atoms with van der Waals surface area (Å²) in [6.07, 6.45) is 0.213. The molecule has 0 spiro atoms. The average Bonchev–Trinajstić information content (AvgIpc) is 2.40. The molecule has 0 heterocycles. The van der Waals surface area contributed by atoms with Crippen molar-refractivity contribution in [2.24, 2.45) is 0 Å². The lowest BCUT2D eigenvalue weighted by Gasteiger charge is -2.10. The number of sulfonamides is 1. The first-order valence-electron chi connectivity index (χ1n) is 5.43. The van der Waals surface area contributed by atoms with Crippen molar-refractivity contribution in [3.05, 3.63) is 18.2 Å². The topological polar surface area (TPSA) is 98.5 Å². The summed E-state index contributed by atoms with van der Waals surface area (Å²) in [5.74, 6) is 0.101. The maximum atomic E-state index is 11.9. The Labute approximate surface area is 116 Å². The Bertz CT molecular complexity index is 558. The molecule has 0 amide bonds. The molecule has 0 bridgehead atoms. The number of carbonyl (C=O) groups excluding carboxylic acids is 1. The SMILES string of the molecule is CNS(=O)(=O)c1cc(N)ccc1SCCC(=O)OC. The molecule has 0 fully saturated rings. The van der Waals surface area contributed by atoms with Crippen LogP contribution in [0.5, 0.6) is 0 Å². The van der Waals surface area contributed by atoms with Gasteiger partial charge in [0, 0.05) is 16.3 Å². The lowest BCUT2D eigenvalue weighted by molar-refractivity contribution is -0.140. The molecule has 0 atom stereocenters. The molecule has 1 aromatic carbocycles. The normalized spacial score (nSPS) is 11.3. The Morgan fingerprint density at radius 3 is 2.74 bits per heavy atom. The molecule has 0 unspecified atom stereocenters. The summed E-state index contributed by atoms with van der Waals surface area (Å²) in [5.41, 5.74) is 5.97. The average molecular weight is 304 g/mol. The molecule has 8 heteroatoms. The van der Waals surface area contributed by atoms with Crippen LogP contribution >= 0.6 is 11.8 Å². The van der Waals surface area contributed by atoms with Crippen molar-refractivity contribution in [1.82, 2.24) is 4.72 Å². The van der Waals surface area contributed by atoms with E-state index in [4.69, 9.17) is 5.73 Å². The van der Waals surface area contributed by atoms with Crippen molar-refractivity contribution >= 4 is 33.4 Å². The Morgan fingerprint density at radius 1 is 1.47 bits per heavy atom. The highest BCUT2D eigenvalue weighted by Crippen LogP contribution is 2.28. The Morgan fingerprint density at radius 2 is 2.16 bits per heavy atom. The van der Waals surface area contributed by atoms with Gasteiger partial charge >= 0.3 is 5.97 Å². The van der Waals surface area contributed by atoms with Crippen LogP contribution in [0.25, 0.3) is 0 Å². The van der Waals surface area contributed by atoms with Crippen LogP contribution in [0.3, 0.4) is 0 Å². The molecule has 0 aliphatic rings. The largest absolute Gasteiger partial charge is 0.469 e. The van der Waals surface area contributed by atoms with Gasteiger partial charge in [0.15, 0.2) is 0 Å². The van der Waals surface area contributed by atoms with Gasteiger partial charge in [-0.15, -0.1) is 11.8 Å². The summed E-state index contributed by atoms with van der Waals surface area (Å²) in [7, 11) is -0.927. The lowest BCUT2D eigenvalue weighted by Crippen LogP contribution is -2.19. The van der Waals surface area contributed by atoms with Crippen LogP contribution in [-0.4, -0.2) is 34.3 Å². The highest BCUT2D eigenvalue weighted by Gasteiger charge is 2.17. The number of esters is 1. The van der Waals surface area contributed by atoms with E-state index in [1.807, 2.05) is 0 Å². The molecular formula is C11H16N2O4S2. The molecule has 106 valence electrons. The summed E-state index contributed by atoms with van der Waals surface area (Å²) >= 11 is 1.27. The number of thioether (sulfide) groups is 1. The minimum atomic E-state index is -3.57. The van der Waals surface area contributed by atoms with Crippen LogP contribution in [0.2, 0.25) is 0 Å². The zero-order chi connectivity index (χ0) is 14.5. The number of ether oxygens (including phenoxy) is 1. The van der Waals surface area contributed by atoms with Crippen LogP contribution in [0.4, 0.5) is 5.69 Å². The highest BCUT2D eigenvalue weighted by molar-refractivity contribution is 8.00. The van der Waals surface area contributed by atoms with Gasteiger partial charge in [0.2, 0.25) is 10.0 Å². The number of anilines is 1. The van der Waals surface area contributed by atoms with Gasteiger partial charge in [-0.25, -0.2) is 13.1 Å². The molecule has 6 nitrogen and oxygen atoms in total. The fourth-order valence-corrected chi connectivity index (χ4v) is 3.51. The summed E-state index contributed by atoms with van der Waals surface area (Å²) < 4.78 is 30.5. The molecule has 1 rings (SSSR count). The van der Waals surface area contributed by atoms with E-state index in [1.165, 1.54) is 32.0 Å². The fourth-order valence-electron chi connectivity index (χ4n) is 1.31. The van der Waals surface area contributed by atoms with Crippen LogP contribution in [0.1, 0.15) is 6.42 Å². The summed E-state index contributed by atoms with van der Waals surface area (Å²) in [6, 6.07) is 4.64. The molecule has 0 aromatic heterocycles. The summed E-state index contributed by atoms with van der Waals surface area (Å²) in [6.45, 7) is 0. The Hall–Kier alpha value is -1.25. The molecule has 0 saturated heterocycles. The summed E-state index contributed by atoms with van der Waals surface area (Å²) in [4.78, 5) is 11.7. The zero-order valence-corrected chi connectivity index (χ0v) is 12.3. The van der Waals surface area contributed by atoms with Crippen molar-refractivity contribution < 1.29 is 17.9 Å². The fraction of sp³-hybridized carbons (Fsp3) is 0.364. The van der Waals surface area contributed by atoms with Crippen molar-refractivity contribution in [3.63, 3.8) is 0 Å². The number of rotatable bonds is 6. The first kappa shape index (κ1) is 15.8. The minimum Gasteiger partial charge on any atom is -0.469 e.